The van der Waals surface area contributed by atoms with Crippen molar-refractivity contribution in [2.24, 2.45) is 13.0 Å². The Hall–Kier alpha value is -3.42. The van der Waals surface area contributed by atoms with E-state index in [0.717, 1.165) is 17.5 Å². The molecule has 0 spiro atoms. The molecule has 8 nitrogen and oxygen atoms in total. The molecule has 0 aliphatic heterocycles. The van der Waals surface area contributed by atoms with Crippen molar-refractivity contribution in [1.29, 1.82) is 0 Å². The molecule has 31 heavy (non-hydrogen) atoms. The molecule has 164 valence electrons. The molecule has 2 amide bonds. The van der Waals surface area contributed by atoms with Crippen LogP contribution in [-0.4, -0.2) is 57.2 Å². The first kappa shape index (κ1) is 22.3. The van der Waals surface area contributed by atoms with Gasteiger partial charge in [-0.1, -0.05) is 43.7 Å². The standard InChI is InChI=1S/C23H30N6O2/c1-16(2)13-28(15-30)21-19(23(31)26(4)5)20(22-24-10-11-27(22)6)29(25-21)14-18-9-7-8-17(3)12-18/h7-12,15-16H,13-14H2,1-6H3. The minimum atomic E-state index is -0.223. The third-order valence-corrected chi connectivity index (χ3v) is 4.96. The number of hydrogen-bond acceptors (Lipinski definition) is 4. The SMILES string of the molecule is Cc1cccc(Cn2nc(N(C=O)CC(C)C)c(C(=O)N(C)C)c2-c2nccn2C)c1. The number of hydrogen-bond donors (Lipinski definition) is 0. The van der Waals surface area contributed by atoms with Crippen LogP contribution in [0.15, 0.2) is 36.7 Å². The average molecular weight is 423 g/mol. The molecule has 1 aromatic carbocycles. The summed E-state index contributed by atoms with van der Waals surface area (Å²) in [7, 11) is 5.27. The zero-order chi connectivity index (χ0) is 22.7. The summed E-state index contributed by atoms with van der Waals surface area (Å²) >= 11 is 0. The third-order valence-electron chi connectivity index (χ3n) is 4.96. The van der Waals surface area contributed by atoms with E-state index in [1.807, 2.05) is 56.8 Å². The summed E-state index contributed by atoms with van der Waals surface area (Å²) in [5.74, 6) is 0.963. The normalized spacial score (nSPS) is 11.1. The summed E-state index contributed by atoms with van der Waals surface area (Å²) in [6.07, 6.45) is 4.26. The predicted molar refractivity (Wildman–Crippen MR) is 121 cm³/mol. The molecule has 0 N–H and O–H groups in total. The van der Waals surface area contributed by atoms with E-state index in [2.05, 4.69) is 11.1 Å². The molecule has 8 heteroatoms. The van der Waals surface area contributed by atoms with Gasteiger partial charge in [-0.25, -0.2) is 4.98 Å². The third kappa shape index (κ3) is 4.68. The molecule has 3 rings (SSSR count). The van der Waals surface area contributed by atoms with Crippen molar-refractivity contribution in [2.75, 3.05) is 25.5 Å². The van der Waals surface area contributed by atoms with Gasteiger partial charge in [0, 0.05) is 40.1 Å². The Kier molecular flexibility index (Phi) is 6.58. The van der Waals surface area contributed by atoms with Crippen LogP contribution in [-0.2, 0) is 18.4 Å². The van der Waals surface area contributed by atoms with Crippen molar-refractivity contribution in [2.45, 2.75) is 27.3 Å². The van der Waals surface area contributed by atoms with Crippen LogP contribution in [0.3, 0.4) is 0 Å². The van der Waals surface area contributed by atoms with Crippen LogP contribution in [0.1, 0.15) is 35.3 Å². The maximum Gasteiger partial charge on any atom is 0.259 e. The summed E-state index contributed by atoms with van der Waals surface area (Å²) in [5.41, 5.74) is 3.16. The van der Waals surface area contributed by atoms with Crippen LogP contribution in [0, 0.1) is 12.8 Å². The van der Waals surface area contributed by atoms with Gasteiger partial charge in [-0.3, -0.25) is 19.2 Å². The fourth-order valence-corrected chi connectivity index (χ4v) is 3.56. The minimum Gasteiger partial charge on any atom is -0.345 e. The van der Waals surface area contributed by atoms with Gasteiger partial charge in [0.15, 0.2) is 11.6 Å². The van der Waals surface area contributed by atoms with Crippen LogP contribution in [0.5, 0.6) is 0 Å². The molecule has 0 unspecified atom stereocenters. The quantitative estimate of drug-likeness (QED) is 0.523. The van der Waals surface area contributed by atoms with Gasteiger partial charge in [-0.2, -0.15) is 5.10 Å². The molecule has 0 saturated carbocycles. The molecule has 0 aliphatic carbocycles. The molecule has 0 saturated heterocycles. The molecule has 0 aliphatic rings. The number of benzene rings is 1. The number of aromatic nitrogens is 4. The van der Waals surface area contributed by atoms with Crippen molar-refractivity contribution in [1.82, 2.24) is 24.2 Å². The minimum absolute atomic E-state index is 0.214. The Balaban J connectivity index is 2.28. The summed E-state index contributed by atoms with van der Waals surface area (Å²) in [6.45, 7) is 6.99. The Morgan fingerprint density at radius 1 is 1.26 bits per heavy atom. The van der Waals surface area contributed by atoms with E-state index in [-0.39, 0.29) is 11.8 Å². The van der Waals surface area contributed by atoms with Crippen LogP contribution in [0.25, 0.3) is 11.5 Å². The van der Waals surface area contributed by atoms with Crippen LogP contribution < -0.4 is 4.90 Å². The maximum absolute atomic E-state index is 13.3. The van der Waals surface area contributed by atoms with E-state index in [4.69, 9.17) is 5.10 Å². The topological polar surface area (TPSA) is 76.3 Å². The van der Waals surface area contributed by atoms with Crippen molar-refractivity contribution in [3.05, 3.63) is 53.3 Å². The highest BCUT2D eigenvalue weighted by molar-refractivity contribution is 6.05. The largest absolute Gasteiger partial charge is 0.345 e. The number of anilines is 1. The van der Waals surface area contributed by atoms with Gasteiger partial charge in [-0.15, -0.1) is 0 Å². The van der Waals surface area contributed by atoms with E-state index in [1.54, 1.807) is 25.0 Å². The fraction of sp³-hybridized carbons (Fsp3) is 0.391. The van der Waals surface area contributed by atoms with Gasteiger partial charge in [0.1, 0.15) is 11.3 Å². The molecule has 2 heterocycles. The number of imidazole rings is 1. The van der Waals surface area contributed by atoms with Crippen molar-refractivity contribution in [3.8, 4) is 11.5 Å². The predicted octanol–water partition coefficient (Wildman–Crippen LogP) is 2.96. The molecular formula is C23H30N6O2. The molecule has 0 fully saturated rings. The smallest absolute Gasteiger partial charge is 0.259 e. The molecular weight excluding hydrogens is 392 g/mol. The number of rotatable bonds is 8. The Morgan fingerprint density at radius 2 is 2.00 bits per heavy atom. The second-order valence-electron chi connectivity index (χ2n) is 8.41. The monoisotopic (exact) mass is 422 g/mol. The maximum atomic E-state index is 13.3. The number of carbonyl (C=O) groups is 2. The molecule has 2 aromatic heterocycles. The first-order valence-electron chi connectivity index (χ1n) is 10.3. The average Bonchev–Trinajstić information content (AvgIpc) is 3.28. The van der Waals surface area contributed by atoms with Crippen molar-refractivity contribution >= 4 is 18.1 Å². The number of aryl methyl sites for hydroxylation is 2. The van der Waals surface area contributed by atoms with E-state index in [1.165, 1.54) is 9.80 Å². The van der Waals surface area contributed by atoms with Gasteiger partial charge in [-0.05, 0) is 18.4 Å². The van der Waals surface area contributed by atoms with E-state index in [9.17, 15) is 9.59 Å². The van der Waals surface area contributed by atoms with E-state index < -0.39 is 0 Å². The molecule has 0 bridgehead atoms. The van der Waals surface area contributed by atoms with Gasteiger partial charge in [0.05, 0.1) is 6.54 Å². The lowest BCUT2D eigenvalue weighted by molar-refractivity contribution is -0.107. The second-order valence-corrected chi connectivity index (χ2v) is 8.41. The number of carbonyl (C=O) groups excluding carboxylic acids is 2. The van der Waals surface area contributed by atoms with Gasteiger partial charge in [0.2, 0.25) is 6.41 Å². The van der Waals surface area contributed by atoms with Crippen LogP contribution in [0.4, 0.5) is 5.82 Å². The summed E-state index contributed by atoms with van der Waals surface area (Å²) in [4.78, 5) is 32.8. The Labute approximate surface area is 183 Å². The summed E-state index contributed by atoms with van der Waals surface area (Å²) in [6, 6.07) is 8.14. The molecule has 3 aromatic rings. The molecule has 0 radical (unpaired) electrons. The zero-order valence-corrected chi connectivity index (χ0v) is 19.0. The first-order valence-corrected chi connectivity index (χ1v) is 10.3. The Bertz CT molecular complexity index is 1080. The lowest BCUT2D eigenvalue weighted by Gasteiger charge is -2.19. The van der Waals surface area contributed by atoms with Gasteiger partial charge >= 0.3 is 0 Å². The lowest BCUT2D eigenvalue weighted by Crippen LogP contribution is -2.30. The Morgan fingerprint density at radius 3 is 2.55 bits per heavy atom. The highest BCUT2D eigenvalue weighted by Gasteiger charge is 2.31. The van der Waals surface area contributed by atoms with Gasteiger partial charge in [0.25, 0.3) is 5.91 Å². The highest BCUT2D eigenvalue weighted by Crippen LogP contribution is 2.32. The van der Waals surface area contributed by atoms with Crippen LogP contribution >= 0.6 is 0 Å². The fourth-order valence-electron chi connectivity index (χ4n) is 3.56. The summed E-state index contributed by atoms with van der Waals surface area (Å²) < 4.78 is 3.63. The van der Waals surface area contributed by atoms with Crippen molar-refractivity contribution < 1.29 is 9.59 Å². The number of nitrogens with zero attached hydrogens (tertiary/aromatic N) is 6. The summed E-state index contributed by atoms with van der Waals surface area (Å²) in [5, 5.41) is 4.77. The van der Waals surface area contributed by atoms with E-state index >= 15 is 0 Å². The highest BCUT2D eigenvalue weighted by atomic mass is 16.2. The van der Waals surface area contributed by atoms with Gasteiger partial charge < -0.3 is 9.47 Å². The molecule has 0 atom stereocenters. The first-order chi connectivity index (χ1) is 14.7. The van der Waals surface area contributed by atoms with Crippen molar-refractivity contribution in [3.63, 3.8) is 0 Å². The van der Waals surface area contributed by atoms with E-state index in [0.29, 0.717) is 36.0 Å². The number of amides is 2. The lowest BCUT2D eigenvalue weighted by atomic mass is 10.1. The zero-order valence-electron chi connectivity index (χ0n) is 19.0. The second kappa shape index (κ2) is 9.16. The van der Waals surface area contributed by atoms with Crippen LogP contribution in [0.2, 0.25) is 0 Å².